The fraction of sp³-hybridized carbons (Fsp3) is 0.500. The maximum Gasteiger partial charge on any atom is 0.252 e. The van der Waals surface area contributed by atoms with Crippen molar-refractivity contribution in [1.29, 1.82) is 0 Å². The van der Waals surface area contributed by atoms with Crippen LogP contribution in [0.4, 0.5) is 0 Å². The summed E-state index contributed by atoms with van der Waals surface area (Å²) in [6.45, 7) is 6.38. The Labute approximate surface area is 118 Å². The molecule has 2 aromatic heterocycles. The quantitative estimate of drug-likeness (QED) is 0.870. The maximum atomic E-state index is 12.4. The van der Waals surface area contributed by atoms with Crippen molar-refractivity contribution >= 4 is 16.9 Å². The van der Waals surface area contributed by atoms with Crippen LogP contribution in [0.1, 0.15) is 28.7 Å². The van der Waals surface area contributed by atoms with E-state index in [1.807, 2.05) is 40.9 Å². The van der Waals surface area contributed by atoms with Crippen LogP contribution in [0.15, 0.2) is 6.07 Å². The lowest BCUT2D eigenvalue weighted by Gasteiger charge is -2.12. The molecule has 108 valence electrons. The summed E-state index contributed by atoms with van der Waals surface area (Å²) in [5.74, 6) is -0.0845. The third-order valence-corrected chi connectivity index (χ3v) is 3.40. The van der Waals surface area contributed by atoms with Gasteiger partial charge < -0.3 is 10.6 Å². The van der Waals surface area contributed by atoms with Crippen molar-refractivity contribution in [2.75, 3.05) is 13.6 Å². The molecule has 0 bridgehead atoms. The Kier molecular flexibility index (Phi) is 4.04. The lowest BCUT2D eigenvalue weighted by atomic mass is 10.1. The van der Waals surface area contributed by atoms with Gasteiger partial charge in [-0.15, -0.1) is 0 Å². The smallest absolute Gasteiger partial charge is 0.252 e. The Morgan fingerprint density at radius 3 is 2.80 bits per heavy atom. The van der Waals surface area contributed by atoms with Gasteiger partial charge in [0.05, 0.1) is 16.6 Å². The lowest BCUT2D eigenvalue weighted by molar-refractivity contribution is 0.0952. The molecule has 0 saturated carbocycles. The van der Waals surface area contributed by atoms with Crippen LogP contribution in [-0.2, 0) is 7.05 Å². The molecule has 0 radical (unpaired) electrons. The van der Waals surface area contributed by atoms with Crippen LogP contribution < -0.4 is 10.6 Å². The van der Waals surface area contributed by atoms with Crippen molar-refractivity contribution in [1.82, 2.24) is 25.4 Å². The highest BCUT2D eigenvalue weighted by Gasteiger charge is 2.17. The zero-order valence-electron chi connectivity index (χ0n) is 12.6. The van der Waals surface area contributed by atoms with Crippen LogP contribution in [-0.4, -0.2) is 40.3 Å². The average molecular weight is 275 g/mol. The molecule has 6 heteroatoms. The minimum Gasteiger partial charge on any atom is -0.350 e. The summed E-state index contributed by atoms with van der Waals surface area (Å²) in [6, 6.07) is 2.04. The van der Waals surface area contributed by atoms with Crippen molar-refractivity contribution in [3.8, 4) is 0 Å². The van der Waals surface area contributed by atoms with Gasteiger partial charge in [-0.25, -0.2) is 4.98 Å². The molecule has 6 nitrogen and oxygen atoms in total. The Balaban J connectivity index is 2.40. The summed E-state index contributed by atoms with van der Waals surface area (Å²) in [5, 5.41) is 11.2. The molecule has 2 aromatic rings. The van der Waals surface area contributed by atoms with Gasteiger partial charge in [-0.05, 0) is 33.9 Å². The molecule has 1 atom stereocenters. The standard InChI is InChI=1S/C14H21N5O/c1-8-6-11(14(20)16-7-9(2)15-4)12-10(3)18-19(5)13(12)17-8/h6,9,15H,7H2,1-5H3,(H,16,20). The van der Waals surface area contributed by atoms with Gasteiger partial charge in [-0.2, -0.15) is 5.10 Å². The fourth-order valence-corrected chi connectivity index (χ4v) is 2.19. The van der Waals surface area contributed by atoms with E-state index in [0.717, 1.165) is 22.4 Å². The minimum absolute atomic E-state index is 0.0845. The van der Waals surface area contributed by atoms with Gasteiger partial charge in [0.2, 0.25) is 0 Å². The zero-order chi connectivity index (χ0) is 14.9. The van der Waals surface area contributed by atoms with Crippen molar-refractivity contribution in [2.24, 2.45) is 7.05 Å². The molecule has 0 aliphatic carbocycles. The number of aromatic nitrogens is 3. The third-order valence-electron chi connectivity index (χ3n) is 3.40. The Morgan fingerprint density at radius 2 is 2.15 bits per heavy atom. The first-order chi connectivity index (χ1) is 9.43. The van der Waals surface area contributed by atoms with E-state index < -0.39 is 0 Å². The van der Waals surface area contributed by atoms with Gasteiger partial charge in [0.1, 0.15) is 0 Å². The molecule has 2 heterocycles. The molecule has 20 heavy (non-hydrogen) atoms. The largest absolute Gasteiger partial charge is 0.350 e. The highest BCUT2D eigenvalue weighted by atomic mass is 16.1. The summed E-state index contributed by atoms with van der Waals surface area (Å²) in [5.41, 5.74) is 3.02. The molecule has 1 unspecified atom stereocenters. The van der Waals surface area contributed by atoms with Crippen molar-refractivity contribution in [3.05, 3.63) is 23.0 Å². The Hall–Kier alpha value is -1.95. The summed E-state index contributed by atoms with van der Waals surface area (Å²) in [4.78, 5) is 16.8. The van der Waals surface area contributed by atoms with Crippen LogP contribution in [0, 0.1) is 13.8 Å². The van der Waals surface area contributed by atoms with E-state index in [-0.39, 0.29) is 11.9 Å². The number of rotatable bonds is 4. The predicted octanol–water partition coefficient (Wildman–Crippen LogP) is 0.923. The van der Waals surface area contributed by atoms with Crippen molar-refractivity contribution in [3.63, 3.8) is 0 Å². The van der Waals surface area contributed by atoms with Crippen molar-refractivity contribution < 1.29 is 4.79 Å². The monoisotopic (exact) mass is 275 g/mol. The highest BCUT2D eigenvalue weighted by molar-refractivity contribution is 6.06. The normalized spacial score (nSPS) is 12.7. The molecular formula is C14H21N5O. The molecule has 0 aliphatic heterocycles. The molecular weight excluding hydrogens is 254 g/mol. The van der Waals surface area contributed by atoms with Crippen molar-refractivity contribution in [2.45, 2.75) is 26.8 Å². The molecule has 2 rings (SSSR count). The first-order valence-corrected chi connectivity index (χ1v) is 6.70. The summed E-state index contributed by atoms with van der Waals surface area (Å²) in [6.07, 6.45) is 0. The lowest BCUT2D eigenvalue weighted by Crippen LogP contribution is -2.37. The molecule has 1 amide bonds. The van der Waals surface area contributed by atoms with E-state index in [4.69, 9.17) is 0 Å². The van der Waals surface area contributed by atoms with Crippen LogP contribution in [0.25, 0.3) is 11.0 Å². The molecule has 0 aliphatic rings. The SMILES string of the molecule is CNC(C)CNC(=O)c1cc(C)nc2c1c(C)nn2C. The van der Waals surface area contributed by atoms with Crippen LogP contribution in [0.2, 0.25) is 0 Å². The topological polar surface area (TPSA) is 71.8 Å². The van der Waals surface area contributed by atoms with Gasteiger partial charge >= 0.3 is 0 Å². The van der Waals surface area contributed by atoms with Crippen LogP contribution in [0.5, 0.6) is 0 Å². The number of amides is 1. The Bertz CT molecular complexity index is 647. The second-order valence-electron chi connectivity index (χ2n) is 5.12. The number of pyridine rings is 1. The molecule has 0 fully saturated rings. The predicted molar refractivity (Wildman–Crippen MR) is 78.8 cm³/mol. The number of hydrogen-bond donors (Lipinski definition) is 2. The Morgan fingerprint density at radius 1 is 1.45 bits per heavy atom. The molecule has 2 N–H and O–H groups in total. The molecule has 0 saturated heterocycles. The number of carbonyl (C=O) groups is 1. The van der Waals surface area contributed by atoms with E-state index in [1.165, 1.54) is 0 Å². The second-order valence-corrected chi connectivity index (χ2v) is 5.12. The number of carbonyl (C=O) groups excluding carboxylic acids is 1. The summed E-state index contributed by atoms with van der Waals surface area (Å²) < 4.78 is 1.71. The van der Waals surface area contributed by atoms with E-state index >= 15 is 0 Å². The summed E-state index contributed by atoms with van der Waals surface area (Å²) in [7, 11) is 3.71. The van der Waals surface area contributed by atoms with Gasteiger partial charge in [0, 0.05) is 25.3 Å². The highest BCUT2D eigenvalue weighted by Crippen LogP contribution is 2.21. The van der Waals surface area contributed by atoms with E-state index in [9.17, 15) is 4.79 Å². The maximum absolute atomic E-state index is 12.4. The number of nitrogens with zero attached hydrogens (tertiary/aromatic N) is 3. The number of aryl methyl sites for hydroxylation is 3. The molecule has 0 aromatic carbocycles. The zero-order valence-corrected chi connectivity index (χ0v) is 12.6. The van der Waals surface area contributed by atoms with Gasteiger partial charge in [-0.3, -0.25) is 9.48 Å². The van der Waals surface area contributed by atoms with Gasteiger partial charge in [0.15, 0.2) is 5.65 Å². The van der Waals surface area contributed by atoms with Gasteiger partial charge in [0.25, 0.3) is 5.91 Å². The fourth-order valence-electron chi connectivity index (χ4n) is 2.19. The number of nitrogens with one attached hydrogen (secondary N) is 2. The number of likely N-dealkylation sites (N-methyl/N-ethyl adjacent to an activating group) is 1. The first kappa shape index (κ1) is 14.5. The minimum atomic E-state index is -0.0845. The molecule has 0 spiro atoms. The summed E-state index contributed by atoms with van der Waals surface area (Å²) >= 11 is 0. The number of hydrogen-bond acceptors (Lipinski definition) is 4. The van der Waals surface area contributed by atoms with E-state index in [1.54, 1.807) is 4.68 Å². The third kappa shape index (κ3) is 2.65. The first-order valence-electron chi connectivity index (χ1n) is 6.70. The van der Waals surface area contributed by atoms with E-state index in [2.05, 4.69) is 20.7 Å². The number of fused-ring (bicyclic) bond motifs is 1. The van der Waals surface area contributed by atoms with E-state index in [0.29, 0.717) is 12.1 Å². The van der Waals surface area contributed by atoms with Crippen LogP contribution >= 0.6 is 0 Å². The second kappa shape index (κ2) is 5.58. The average Bonchev–Trinajstić information content (AvgIpc) is 2.69. The van der Waals surface area contributed by atoms with Gasteiger partial charge in [-0.1, -0.05) is 0 Å². The van der Waals surface area contributed by atoms with Crippen LogP contribution in [0.3, 0.4) is 0 Å².